The number of hydrogen-bond donors (Lipinski definition) is 1. The summed E-state index contributed by atoms with van der Waals surface area (Å²) < 4.78 is 5.25. The predicted molar refractivity (Wildman–Crippen MR) is 73.0 cm³/mol. The number of nitrogens with one attached hydrogen (secondary N) is 1. The Labute approximate surface area is 113 Å². The van der Waals surface area contributed by atoms with Gasteiger partial charge in [-0.25, -0.2) is 0 Å². The first kappa shape index (κ1) is 14.8. The Morgan fingerprint density at radius 2 is 2.17 bits per heavy atom. The summed E-state index contributed by atoms with van der Waals surface area (Å²) in [6.07, 6.45) is 0. The van der Waals surface area contributed by atoms with Crippen LogP contribution >= 0.6 is 11.6 Å². The van der Waals surface area contributed by atoms with Gasteiger partial charge in [-0.1, -0.05) is 17.7 Å². The molecule has 18 heavy (non-hydrogen) atoms. The monoisotopic (exact) mass is 270 g/mol. The van der Waals surface area contributed by atoms with Crippen molar-refractivity contribution in [1.29, 1.82) is 0 Å². The van der Waals surface area contributed by atoms with Crippen LogP contribution in [0.4, 0.5) is 0 Å². The Morgan fingerprint density at radius 3 is 2.72 bits per heavy atom. The molecule has 1 aromatic carbocycles. The summed E-state index contributed by atoms with van der Waals surface area (Å²) in [5.41, 5.74) is 0.861. The van der Waals surface area contributed by atoms with Crippen LogP contribution < -0.4 is 10.1 Å². The number of ether oxygens (including phenoxy) is 1. The van der Waals surface area contributed by atoms with Gasteiger partial charge in [-0.05, 0) is 19.1 Å². The Hall–Kier alpha value is -1.26. The zero-order valence-electron chi connectivity index (χ0n) is 11.2. The standard InChI is InChI=1S/C13H19ClN2O2/c1-9(13(17)16(2)3)15-8-10-11(14)6-5-7-12(10)18-4/h5-7,9,15H,8H2,1-4H3. The first-order chi connectivity index (χ1) is 8.47. The highest BCUT2D eigenvalue weighted by atomic mass is 35.5. The minimum Gasteiger partial charge on any atom is -0.496 e. The maximum atomic E-state index is 11.7. The summed E-state index contributed by atoms with van der Waals surface area (Å²) in [6.45, 7) is 2.31. The van der Waals surface area contributed by atoms with E-state index in [2.05, 4.69) is 5.32 Å². The van der Waals surface area contributed by atoms with Crippen molar-refractivity contribution in [3.63, 3.8) is 0 Å². The van der Waals surface area contributed by atoms with E-state index in [1.54, 1.807) is 32.2 Å². The van der Waals surface area contributed by atoms with Gasteiger partial charge in [0.1, 0.15) is 5.75 Å². The van der Waals surface area contributed by atoms with Crippen LogP contribution in [0, 0.1) is 0 Å². The SMILES string of the molecule is COc1cccc(Cl)c1CNC(C)C(=O)N(C)C. The van der Waals surface area contributed by atoms with Gasteiger partial charge in [0.05, 0.1) is 13.2 Å². The largest absolute Gasteiger partial charge is 0.496 e. The lowest BCUT2D eigenvalue weighted by molar-refractivity contribution is -0.130. The molecule has 4 nitrogen and oxygen atoms in total. The molecule has 0 bridgehead atoms. The second-order valence-corrected chi connectivity index (χ2v) is 4.66. The van der Waals surface area contributed by atoms with Crippen molar-refractivity contribution in [2.24, 2.45) is 0 Å². The Kier molecular flexibility index (Phi) is 5.44. The average Bonchev–Trinajstić information content (AvgIpc) is 2.35. The molecule has 1 aromatic rings. The molecule has 0 aliphatic rings. The predicted octanol–water partition coefficient (Wildman–Crippen LogP) is 1.91. The van der Waals surface area contributed by atoms with Crippen molar-refractivity contribution in [3.05, 3.63) is 28.8 Å². The first-order valence-corrected chi connectivity index (χ1v) is 6.11. The molecular formula is C13H19ClN2O2. The molecule has 1 amide bonds. The van der Waals surface area contributed by atoms with Gasteiger partial charge in [0.25, 0.3) is 0 Å². The summed E-state index contributed by atoms with van der Waals surface area (Å²) in [7, 11) is 5.07. The number of methoxy groups -OCH3 is 1. The van der Waals surface area contributed by atoms with Crippen molar-refractivity contribution in [2.75, 3.05) is 21.2 Å². The van der Waals surface area contributed by atoms with Crippen molar-refractivity contribution < 1.29 is 9.53 Å². The number of halogens is 1. The number of rotatable bonds is 5. The second kappa shape index (κ2) is 6.61. The van der Waals surface area contributed by atoms with E-state index in [-0.39, 0.29) is 11.9 Å². The van der Waals surface area contributed by atoms with Crippen LogP contribution in [0.25, 0.3) is 0 Å². The highest BCUT2D eigenvalue weighted by molar-refractivity contribution is 6.31. The fourth-order valence-corrected chi connectivity index (χ4v) is 1.86. The molecule has 0 aromatic heterocycles. The zero-order valence-corrected chi connectivity index (χ0v) is 11.9. The number of carbonyl (C=O) groups excluding carboxylic acids is 1. The molecule has 0 spiro atoms. The third-order valence-corrected chi connectivity index (χ3v) is 3.05. The number of nitrogens with zero attached hydrogens (tertiary/aromatic N) is 1. The summed E-state index contributed by atoms with van der Waals surface area (Å²) in [4.78, 5) is 13.3. The van der Waals surface area contributed by atoms with Gasteiger partial charge in [-0.3, -0.25) is 4.79 Å². The lowest BCUT2D eigenvalue weighted by Crippen LogP contribution is -2.41. The van der Waals surface area contributed by atoms with E-state index in [0.717, 1.165) is 11.3 Å². The van der Waals surface area contributed by atoms with E-state index < -0.39 is 0 Å². The summed E-state index contributed by atoms with van der Waals surface area (Å²) >= 11 is 6.12. The van der Waals surface area contributed by atoms with Crippen molar-refractivity contribution >= 4 is 17.5 Å². The summed E-state index contributed by atoms with van der Waals surface area (Å²) in [6, 6.07) is 5.22. The van der Waals surface area contributed by atoms with E-state index in [1.807, 2.05) is 19.1 Å². The van der Waals surface area contributed by atoms with E-state index in [0.29, 0.717) is 11.6 Å². The number of carbonyl (C=O) groups is 1. The van der Waals surface area contributed by atoms with Crippen LogP contribution in [-0.4, -0.2) is 38.1 Å². The summed E-state index contributed by atoms with van der Waals surface area (Å²) in [5, 5.41) is 3.77. The molecule has 1 rings (SSSR count). The Morgan fingerprint density at radius 1 is 1.50 bits per heavy atom. The van der Waals surface area contributed by atoms with Gasteiger partial charge in [0, 0.05) is 31.2 Å². The molecular weight excluding hydrogens is 252 g/mol. The lowest BCUT2D eigenvalue weighted by atomic mass is 10.2. The smallest absolute Gasteiger partial charge is 0.238 e. The minimum absolute atomic E-state index is 0.0287. The lowest BCUT2D eigenvalue weighted by Gasteiger charge is -2.19. The van der Waals surface area contributed by atoms with Gasteiger partial charge in [0.15, 0.2) is 0 Å². The van der Waals surface area contributed by atoms with Crippen molar-refractivity contribution in [1.82, 2.24) is 10.2 Å². The molecule has 0 aliphatic carbocycles. The van der Waals surface area contributed by atoms with Crippen LogP contribution in [-0.2, 0) is 11.3 Å². The molecule has 5 heteroatoms. The van der Waals surface area contributed by atoms with E-state index >= 15 is 0 Å². The fourth-order valence-electron chi connectivity index (χ4n) is 1.63. The normalized spacial score (nSPS) is 12.1. The molecule has 100 valence electrons. The molecule has 1 unspecified atom stereocenters. The van der Waals surface area contributed by atoms with Crippen LogP contribution in [0.2, 0.25) is 5.02 Å². The van der Waals surface area contributed by atoms with E-state index in [4.69, 9.17) is 16.3 Å². The van der Waals surface area contributed by atoms with Gasteiger partial charge in [-0.15, -0.1) is 0 Å². The van der Waals surface area contributed by atoms with Gasteiger partial charge < -0.3 is 15.0 Å². The molecule has 0 fully saturated rings. The molecule has 0 aliphatic heterocycles. The number of amides is 1. The molecule has 0 heterocycles. The fraction of sp³-hybridized carbons (Fsp3) is 0.462. The topological polar surface area (TPSA) is 41.6 Å². The number of likely N-dealkylation sites (N-methyl/N-ethyl adjacent to an activating group) is 1. The molecule has 0 radical (unpaired) electrons. The second-order valence-electron chi connectivity index (χ2n) is 4.26. The third-order valence-electron chi connectivity index (χ3n) is 2.69. The van der Waals surface area contributed by atoms with Crippen LogP contribution in [0.3, 0.4) is 0 Å². The quantitative estimate of drug-likeness (QED) is 0.889. The maximum Gasteiger partial charge on any atom is 0.238 e. The molecule has 1 atom stereocenters. The van der Waals surface area contributed by atoms with Crippen molar-refractivity contribution in [3.8, 4) is 5.75 Å². The Balaban J connectivity index is 2.72. The van der Waals surface area contributed by atoms with Gasteiger partial charge in [-0.2, -0.15) is 0 Å². The van der Waals surface area contributed by atoms with Crippen molar-refractivity contribution in [2.45, 2.75) is 19.5 Å². The zero-order chi connectivity index (χ0) is 13.7. The highest BCUT2D eigenvalue weighted by Crippen LogP contribution is 2.25. The van der Waals surface area contributed by atoms with Gasteiger partial charge in [0.2, 0.25) is 5.91 Å². The minimum atomic E-state index is -0.263. The Bertz CT molecular complexity index is 421. The molecule has 0 saturated carbocycles. The molecule has 0 saturated heterocycles. The maximum absolute atomic E-state index is 11.7. The first-order valence-electron chi connectivity index (χ1n) is 5.73. The van der Waals surface area contributed by atoms with Gasteiger partial charge >= 0.3 is 0 Å². The highest BCUT2D eigenvalue weighted by Gasteiger charge is 2.15. The number of benzene rings is 1. The third kappa shape index (κ3) is 3.62. The van der Waals surface area contributed by atoms with E-state index in [1.165, 1.54) is 0 Å². The average molecular weight is 271 g/mol. The molecule has 1 N–H and O–H groups in total. The van der Waals surface area contributed by atoms with E-state index in [9.17, 15) is 4.79 Å². The van der Waals surface area contributed by atoms with Crippen LogP contribution in [0.5, 0.6) is 5.75 Å². The summed E-state index contributed by atoms with van der Waals surface area (Å²) in [5.74, 6) is 0.750. The van der Waals surface area contributed by atoms with Crippen LogP contribution in [0.15, 0.2) is 18.2 Å². The van der Waals surface area contributed by atoms with Crippen LogP contribution in [0.1, 0.15) is 12.5 Å². The number of hydrogen-bond acceptors (Lipinski definition) is 3.